The number of carbonyl (C=O) groups excluding carboxylic acids is 2. The Morgan fingerprint density at radius 2 is 1.62 bits per heavy atom. The van der Waals surface area contributed by atoms with Crippen LogP contribution < -0.4 is 10.6 Å². The van der Waals surface area contributed by atoms with Crippen molar-refractivity contribution in [2.75, 3.05) is 18.8 Å². The molecule has 3 aromatic rings. The van der Waals surface area contributed by atoms with E-state index >= 15 is 0 Å². The van der Waals surface area contributed by atoms with E-state index < -0.39 is 0 Å². The van der Waals surface area contributed by atoms with E-state index in [1.807, 2.05) is 42.5 Å². The molecule has 0 aliphatic carbocycles. The van der Waals surface area contributed by atoms with Gasteiger partial charge in [0, 0.05) is 36.6 Å². The first-order chi connectivity index (χ1) is 14.1. The number of fused-ring (bicyclic) bond motifs is 1. The predicted molar refractivity (Wildman–Crippen MR) is 121 cm³/mol. The Hall–Kier alpha value is -2.79. The van der Waals surface area contributed by atoms with Crippen molar-refractivity contribution in [2.45, 2.75) is 19.1 Å². The van der Waals surface area contributed by atoms with E-state index in [9.17, 15) is 9.59 Å². The zero-order valence-corrected chi connectivity index (χ0v) is 17.4. The third-order valence-corrected chi connectivity index (χ3v) is 5.64. The fourth-order valence-electron chi connectivity index (χ4n) is 2.95. The van der Waals surface area contributed by atoms with Crippen LogP contribution in [0.1, 0.15) is 27.9 Å². The highest BCUT2D eigenvalue weighted by atomic mass is 32.2. The number of nitrogens with one attached hydrogen (secondary N) is 2. The third kappa shape index (κ3) is 6.64. The molecule has 2 N–H and O–H groups in total. The molecule has 0 aliphatic heterocycles. The summed E-state index contributed by atoms with van der Waals surface area (Å²) in [6.45, 7) is 3.04. The first-order valence-electron chi connectivity index (χ1n) is 9.79. The van der Waals surface area contributed by atoms with Crippen molar-refractivity contribution in [1.29, 1.82) is 0 Å². The first kappa shape index (κ1) is 20.9. The second-order valence-electron chi connectivity index (χ2n) is 6.96. The molecule has 0 heterocycles. The van der Waals surface area contributed by atoms with E-state index in [2.05, 4.69) is 41.8 Å². The molecule has 0 bridgehead atoms. The van der Waals surface area contributed by atoms with Crippen LogP contribution in [-0.4, -0.2) is 30.7 Å². The van der Waals surface area contributed by atoms with Crippen LogP contribution in [0.5, 0.6) is 0 Å². The monoisotopic (exact) mass is 406 g/mol. The Morgan fingerprint density at radius 1 is 0.862 bits per heavy atom. The number of thioether (sulfide) groups is 1. The fourth-order valence-corrected chi connectivity index (χ4v) is 3.77. The van der Waals surface area contributed by atoms with Crippen molar-refractivity contribution in [3.8, 4) is 0 Å². The lowest BCUT2D eigenvalue weighted by Crippen LogP contribution is -2.31. The van der Waals surface area contributed by atoms with Crippen LogP contribution in [0.15, 0.2) is 66.7 Å². The lowest BCUT2D eigenvalue weighted by Gasteiger charge is -2.08. The highest BCUT2D eigenvalue weighted by molar-refractivity contribution is 7.98. The van der Waals surface area contributed by atoms with Crippen molar-refractivity contribution in [3.05, 3.63) is 83.4 Å². The van der Waals surface area contributed by atoms with Gasteiger partial charge < -0.3 is 10.6 Å². The number of hydrogen-bond donors (Lipinski definition) is 2. The van der Waals surface area contributed by atoms with Gasteiger partial charge in [-0.05, 0) is 35.4 Å². The number of amides is 2. The van der Waals surface area contributed by atoms with Crippen LogP contribution in [0.4, 0.5) is 0 Å². The van der Waals surface area contributed by atoms with Gasteiger partial charge in [0.15, 0.2) is 0 Å². The zero-order valence-electron chi connectivity index (χ0n) is 16.6. The molecule has 150 valence electrons. The summed E-state index contributed by atoms with van der Waals surface area (Å²) in [6, 6.07) is 22.0. The van der Waals surface area contributed by atoms with E-state index in [0.29, 0.717) is 18.7 Å². The Morgan fingerprint density at radius 3 is 2.41 bits per heavy atom. The maximum Gasteiger partial charge on any atom is 0.251 e. The lowest BCUT2D eigenvalue weighted by atomic mass is 10.1. The van der Waals surface area contributed by atoms with Crippen LogP contribution in [0, 0.1) is 6.92 Å². The van der Waals surface area contributed by atoms with E-state index in [-0.39, 0.29) is 18.2 Å². The molecule has 5 heteroatoms. The minimum Gasteiger partial charge on any atom is -0.355 e. The Balaban J connectivity index is 1.30. The minimum atomic E-state index is -0.155. The van der Waals surface area contributed by atoms with Crippen molar-refractivity contribution >= 4 is 34.3 Å². The van der Waals surface area contributed by atoms with E-state index in [1.165, 1.54) is 11.1 Å². The second kappa shape index (κ2) is 10.7. The average Bonchev–Trinajstić information content (AvgIpc) is 2.74. The fraction of sp³-hybridized carbons (Fsp3) is 0.250. The number of benzene rings is 3. The van der Waals surface area contributed by atoms with Crippen LogP contribution in [0.3, 0.4) is 0 Å². The van der Waals surface area contributed by atoms with Gasteiger partial charge in [-0.15, -0.1) is 0 Å². The number of hydrogen-bond acceptors (Lipinski definition) is 3. The highest BCUT2D eigenvalue weighted by Gasteiger charge is 2.07. The summed E-state index contributed by atoms with van der Waals surface area (Å²) in [7, 11) is 0. The maximum atomic E-state index is 12.3. The van der Waals surface area contributed by atoms with Crippen LogP contribution in [0.25, 0.3) is 10.8 Å². The molecule has 0 saturated carbocycles. The first-order valence-corrected chi connectivity index (χ1v) is 10.9. The van der Waals surface area contributed by atoms with Crippen molar-refractivity contribution in [3.63, 3.8) is 0 Å². The molecular weight excluding hydrogens is 380 g/mol. The molecule has 0 spiro atoms. The molecule has 0 saturated heterocycles. The second-order valence-corrected chi connectivity index (χ2v) is 8.06. The van der Waals surface area contributed by atoms with Gasteiger partial charge in [0.1, 0.15) is 0 Å². The molecule has 2 amide bonds. The zero-order chi connectivity index (χ0) is 20.5. The minimum absolute atomic E-state index is 0.0419. The standard InChI is InChI=1S/C24H26N2O2S/c1-18-6-8-19(9-7-18)17-29-15-14-25-23(27)12-13-26-24(28)22-11-10-20-4-2-3-5-21(20)16-22/h2-11,16H,12-15,17H2,1H3,(H,25,27)(H,26,28). The molecule has 0 atom stereocenters. The quantitative estimate of drug-likeness (QED) is 0.521. The Labute approximate surface area is 176 Å². The number of rotatable bonds is 9. The van der Waals surface area contributed by atoms with Crippen LogP contribution >= 0.6 is 11.8 Å². The summed E-state index contributed by atoms with van der Waals surface area (Å²) in [6.07, 6.45) is 0.280. The Kier molecular flexibility index (Phi) is 7.70. The maximum absolute atomic E-state index is 12.3. The van der Waals surface area contributed by atoms with Gasteiger partial charge in [0.25, 0.3) is 5.91 Å². The summed E-state index contributed by atoms with van der Waals surface area (Å²) in [5.74, 6) is 1.61. The topological polar surface area (TPSA) is 58.2 Å². The van der Waals surface area contributed by atoms with Gasteiger partial charge in [0.05, 0.1) is 0 Å². The predicted octanol–water partition coefficient (Wildman–Crippen LogP) is 4.32. The summed E-state index contributed by atoms with van der Waals surface area (Å²) >= 11 is 1.80. The molecule has 0 unspecified atom stereocenters. The lowest BCUT2D eigenvalue weighted by molar-refractivity contribution is -0.120. The largest absolute Gasteiger partial charge is 0.355 e. The SMILES string of the molecule is Cc1ccc(CSCCNC(=O)CCNC(=O)c2ccc3ccccc3c2)cc1. The van der Waals surface area contributed by atoms with Crippen molar-refractivity contribution in [1.82, 2.24) is 10.6 Å². The van der Waals surface area contributed by atoms with Gasteiger partial charge in [-0.3, -0.25) is 9.59 Å². The molecule has 3 aromatic carbocycles. The van der Waals surface area contributed by atoms with E-state index in [4.69, 9.17) is 0 Å². The van der Waals surface area contributed by atoms with Crippen molar-refractivity contribution in [2.24, 2.45) is 0 Å². The van der Waals surface area contributed by atoms with E-state index in [0.717, 1.165) is 22.3 Å². The van der Waals surface area contributed by atoms with E-state index in [1.54, 1.807) is 11.8 Å². The third-order valence-electron chi connectivity index (χ3n) is 4.61. The molecule has 29 heavy (non-hydrogen) atoms. The molecule has 0 radical (unpaired) electrons. The van der Waals surface area contributed by atoms with Gasteiger partial charge in [-0.25, -0.2) is 0 Å². The summed E-state index contributed by atoms with van der Waals surface area (Å²) in [5, 5.41) is 7.85. The van der Waals surface area contributed by atoms with Gasteiger partial charge in [-0.1, -0.05) is 60.2 Å². The Bertz CT molecular complexity index is 970. The van der Waals surface area contributed by atoms with Gasteiger partial charge >= 0.3 is 0 Å². The number of aryl methyl sites for hydroxylation is 1. The van der Waals surface area contributed by atoms with Crippen LogP contribution in [0.2, 0.25) is 0 Å². The molecule has 0 fully saturated rings. The van der Waals surface area contributed by atoms with Crippen molar-refractivity contribution < 1.29 is 9.59 Å². The molecule has 3 rings (SSSR count). The molecule has 0 aliphatic rings. The molecular formula is C24H26N2O2S. The number of carbonyl (C=O) groups is 2. The normalized spacial score (nSPS) is 10.7. The summed E-state index contributed by atoms with van der Waals surface area (Å²) < 4.78 is 0. The highest BCUT2D eigenvalue weighted by Crippen LogP contribution is 2.15. The smallest absolute Gasteiger partial charge is 0.251 e. The summed E-state index contributed by atoms with van der Waals surface area (Å²) in [4.78, 5) is 24.2. The van der Waals surface area contributed by atoms with Crippen LogP contribution in [-0.2, 0) is 10.5 Å². The summed E-state index contributed by atoms with van der Waals surface area (Å²) in [5.41, 5.74) is 3.17. The average molecular weight is 407 g/mol. The molecule has 0 aromatic heterocycles. The van der Waals surface area contributed by atoms with Gasteiger partial charge in [0.2, 0.25) is 5.91 Å². The molecule has 4 nitrogen and oxygen atoms in total. The van der Waals surface area contributed by atoms with Gasteiger partial charge in [-0.2, -0.15) is 11.8 Å².